The number of benzene rings is 2. The number of aromatic nitrogens is 1. The first-order chi connectivity index (χ1) is 17.4. The molecule has 9 heteroatoms. The minimum absolute atomic E-state index is 0.0384. The van der Waals surface area contributed by atoms with Crippen LogP contribution < -0.4 is 26.8 Å². The number of carbonyl (C=O) groups excluding carboxylic acids is 3. The van der Waals surface area contributed by atoms with Gasteiger partial charge in [-0.05, 0) is 47.4 Å². The molecule has 0 spiro atoms. The normalized spacial score (nSPS) is 12.3. The average Bonchev–Trinajstić information content (AvgIpc) is 2.89. The predicted molar refractivity (Wildman–Crippen MR) is 136 cm³/mol. The third kappa shape index (κ3) is 7.13. The summed E-state index contributed by atoms with van der Waals surface area (Å²) in [4.78, 5) is 42.3. The first-order valence-electron chi connectivity index (χ1n) is 11.7. The second-order valence-corrected chi connectivity index (χ2v) is 8.16. The largest absolute Gasteiger partial charge is 0.494 e. The molecule has 3 rings (SSSR count). The number of hydrogen-bond donors (Lipinski definition) is 4. The summed E-state index contributed by atoms with van der Waals surface area (Å²) in [7, 11) is 0. The molecular weight excluding hydrogens is 458 g/mol. The second kappa shape index (κ2) is 13.0. The number of nitrogens with zero attached hydrogens (tertiary/aromatic N) is 1. The lowest BCUT2D eigenvalue weighted by atomic mass is 9.96. The standard InChI is InChI=1S/C27H31N5O4/c1-2-36-22-11-9-20(10-12-22)24(25(29)33)27(35)32-17-23(21-4-3-13-30-16-21)26(34)31-15-19-7-5-18(14-28)6-8-19/h3-13,16,23-24H,2,14-15,17,28H2,1H3,(H2,29,33)(H,31,34)(H,32,35)/t23-,24+/m0/s1. The molecule has 3 aromatic rings. The summed E-state index contributed by atoms with van der Waals surface area (Å²) in [5, 5.41) is 5.63. The molecular formula is C27H31N5O4. The number of amides is 3. The summed E-state index contributed by atoms with van der Waals surface area (Å²) in [6.45, 7) is 3.07. The summed E-state index contributed by atoms with van der Waals surface area (Å²) < 4.78 is 5.41. The topological polar surface area (TPSA) is 149 Å². The van der Waals surface area contributed by atoms with E-state index in [1.165, 1.54) is 0 Å². The highest BCUT2D eigenvalue weighted by molar-refractivity contribution is 6.05. The van der Waals surface area contributed by atoms with E-state index in [2.05, 4.69) is 15.6 Å². The molecule has 9 nitrogen and oxygen atoms in total. The fraction of sp³-hybridized carbons (Fsp3) is 0.259. The van der Waals surface area contributed by atoms with Crippen LogP contribution in [0.4, 0.5) is 0 Å². The van der Waals surface area contributed by atoms with Gasteiger partial charge in [0.1, 0.15) is 11.7 Å². The van der Waals surface area contributed by atoms with Crippen LogP contribution in [0, 0.1) is 0 Å². The zero-order valence-corrected chi connectivity index (χ0v) is 20.1. The van der Waals surface area contributed by atoms with E-state index in [1.54, 1.807) is 48.8 Å². The zero-order valence-electron chi connectivity index (χ0n) is 20.1. The maximum Gasteiger partial charge on any atom is 0.237 e. The maximum atomic E-state index is 13.1. The Balaban J connectivity index is 1.70. The Labute approximate surface area is 210 Å². The van der Waals surface area contributed by atoms with Crippen LogP contribution in [0.1, 0.15) is 41.0 Å². The Morgan fingerprint density at radius 2 is 1.61 bits per heavy atom. The molecule has 0 fully saturated rings. The number of pyridine rings is 1. The number of carbonyl (C=O) groups is 3. The van der Waals surface area contributed by atoms with Crippen molar-refractivity contribution in [3.63, 3.8) is 0 Å². The Morgan fingerprint density at radius 3 is 2.19 bits per heavy atom. The molecule has 0 aliphatic carbocycles. The Hall–Kier alpha value is -4.24. The van der Waals surface area contributed by atoms with Crippen molar-refractivity contribution in [2.24, 2.45) is 11.5 Å². The van der Waals surface area contributed by atoms with Gasteiger partial charge in [0.2, 0.25) is 17.7 Å². The molecule has 0 saturated carbocycles. The van der Waals surface area contributed by atoms with E-state index in [9.17, 15) is 14.4 Å². The Bertz CT molecular complexity index is 1150. The highest BCUT2D eigenvalue weighted by Gasteiger charge is 2.29. The van der Waals surface area contributed by atoms with Gasteiger partial charge in [-0.3, -0.25) is 19.4 Å². The lowest BCUT2D eigenvalue weighted by molar-refractivity contribution is -0.130. The number of nitrogens with two attached hydrogens (primary N) is 2. The average molecular weight is 490 g/mol. The van der Waals surface area contributed by atoms with Gasteiger partial charge in [-0.2, -0.15) is 0 Å². The van der Waals surface area contributed by atoms with Crippen molar-refractivity contribution in [2.75, 3.05) is 13.2 Å². The zero-order chi connectivity index (χ0) is 25.9. The summed E-state index contributed by atoms with van der Waals surface area (Å²) in [5.74, 6) is -2.98. The Kier molecular flexibility index (Phi) is 9.53. The first-order valence-corrected chi connectivity index (χ1v) is 11.7. The first kappa shape index (κ1) is 26.4. The number of ether oxygens (including phenoxy) is 1. The SMILES string of the molecule is CCOc1ccc([C@H](C(N)=O)C(=O)NC[C@H](C(=O)NCc2ccc(CN)cc2)c2cccnc2)cc1. The summed E-state index contributed by atoms with van der Waals surface area (Å²) in [5.41, 5.74) is 14.2. The van der Waals surface area contributed by atoms with Gasteiger partial charge < -0.3 is 26.8 Å². The van der Waals surface area contributed by atoms with Crippen molar-refractivity contribution >= 4 is 17.7 Å². The summed E-state index contributed by atoms with van der Waals surface area (Å²) in [6, 6.07) is 17.7. The molecule has 2 aromatic carbocycles. The van der Waals surface area contributed by atoms with Gasteiger partial charge in [0.15, 0.2) is 0 Å². The molecule has 0 unspecified atom stereocenters. The van der Waals surface area contributed by atoms with Crippen molar-refractivity contribution in [3.05, 3.63) is 95.3 Å². The summed E-state index contributed by atoms with van der Waals surface area (Å²) in [6.07, 6.45) is 3.18. The molecule has 0 aliphatic heterocycles. The Morgan fingerprint density at radius 1 is 0.917 bits per heavy atom. The van der Waals surface area contributed by atoms with Gasteiger partial charge in [-0.15, -0.1) is 0 Å². The van der Waals surface area contributed by atoms with E-state index in [0.717, 1.165) is 11.1 Å². The molecule has 6 N–H and O–H groups in total. The van der Waals surface area contributed by atoms with Crippen LogP contribution in [0.5, 0.6) is 5.75 Å². The van der Waals surface area contributed by atoms with Crippen LogP contribution in [-0.2, 0) is 27.5 Å². The van der Waals surface area contributed by atoms with Crippen LogP contribution in [-0.4, -0.2) is 35.9 Å². The van der Waals surface area contributed by atoms with Crippen molar-refractivity contribution in [1.29, 1.82) is 0 Å². The molecule has 36 heavy (non-hydrogen) atoms. The molecule has 188 valence electrons. The minimum Gasteiger partial charge on any atom is -0.494 e. The highest BCUT2D eigenvalue weighted by Crippen LogP contribution is 2.21. The molecule has 0 bridgehead atoms. The maximum absolute atomic E-state index is 13.1. The third-order valence-electron chi connectivity index (χ3n) is 5.68. The van der Waals surface area contributed by atoms with Crippen LogP contribution in [0.2, 0.25) is 0 Å². The molecule has 1 aromatic heterocycles. The van der Waals surface area contributed by atoms with Crippen molar-refractivity contribution in [2.45, 2.75) is 31.8 Å². The van der Waals surface area contributed by atoms with Crippen LogP contribution in [0.15, 0.2) is 73.1 Å². The van der Waals surface area contributed by atoms with E-state index in [-0.39, 0.29) is 12.5 Å². The van der Waals surface area contributed by atoms with E-state index >= 15 is 0 Å². The molecule has 2 atom stereocenters. The van der Waals surface area contributed by atoms with E-state index in [4.69, 9.17) is 16.2 Å². The lowest BCUT2D eigenvalue weighted by Gasteiger charge is -2.20. The fourth-order valence-corrected chi connectivity index (χ4v) is 3.72. The lowest BCUT2D eigenvalue weighted by Crippen LogP contribution is -2.41. The monoisotopic (exact) mass is 489 g/mol. The third-order valence-corrected chi connectivity index (χ3v) is 5.68. The number of rotatable bonds is 12. The van der Waals surface area contributed by atoms with Gasteiger partial charge in [0.25, 0.3) is 0 Å². The van der Waals surface area contributed by atoms with Crippen LogP contribution >= 0.6 is 0 Å². The van der Waals surface area contributed by atoms with Gasteiger partial charge in [-0.1, -0.05) is 42.5 Å². The number of primary amides is 1. The van der Waals surface area contributed by atoms with Crippen molar-refractivity contribution < 1.29 is 19.1 Å². The van der Waals surface area contributed by atoms with Gasteiger partial charge in [0, 0.05) is 32.0 Å². The van der Waals surface area contributed by atoms with E-state index < -0.39 is 23.7 Å². The fourth-order valence-electron chi connectivity index (χ4n) is 3.72. The summed E-state index contributed by atoms with van der Waals surface area (Å²) >= 11 is 0. The number of hydrogen-bond acceptors (Lipinski definition) is 6. The number of nitrogens with one attached hydrogen (secondary N) is 2. The second-order valence-electron chi connectivity index (χ2n) is 8.16. The molecule has 1 heterocycles. The molecule has 0 saturated heterocycles. The van der Waals surface area contributed by atoms with Gasteiger partial charge >= 0.3 is 0 Å². The van der Waals surface area contributed by atoms with Gasteiger partial charge in [-0.25, -0.2) is 0 Å². The smallest absolute Gasteiger partial charge is 0.237 e. The van der Waals surface area contributed by atoms with E-state index in [0.29, 0.717) is 36.6 Å². The van der Waals surface area contributed by atoms with Gasteiger partial charge in [0.05, 0.1) is 12.5 Å². The highest BCUT2D eigenvalue weighted by atomic mass is 16.5. The quantitative estimate of drug-likeness (QED) is 0.285. The van der Waals surface area contributed by atoms with Crippen LogP contribution in [0.3, 0.4) is 0 Å². The molecule has 3 amide bonds. The molecule has 0 aliphatic rings. The van der Waals surface area contributed by atoms with Crippen LogP contribution in [0.25, 0.3) is 0 Å². The van der Waals surface area contributed by atoms with Crippen molar-refractivity contribution in [3.8, 4) is 5.75 Å². The minimum atomic E-state index is -1.21. The van der Waals surface area contributed by atoms with E-state index in [1.807, 2.05) is 31.2 Å². The predicted octanol–water partition coefficient (Wildman–Crippen LogP) is 1.72. The van der Waals surface area contributed by atoms with Crippen molar-refractivity contribution in [1.82, 2.24) is 15.6 Å². The molecule has 0 radical (unpaired) electrons.